The van der Waals surface area contributed by atoms with Gasteiger partial charge in [-0.25, -0.2) is 4.98 Å². The molecular formula is C9H5BrN2OS2. The molecule has 3 heterocycles. The van der Waals surface area contributed by atoms with Crippen LogP contribution in [0.5, 0.6) is 0 Å². The first kappa shape index (κ1) is 9.50. The summed E-state index contributed by atoms with van der Waals surface area (Å²) in [5, 5.41) is 3.36. The lowest BCUT2D eigenvalue weighted by Gasteiger charge is -1.91. The molecule has 0 amide bonds. The molecule has 0 saturated heterocycles. The molecule has 6 heteroatoms. The van der Waals surface area contributed by atoms with E-state index in [1.807, 2.05) is 17.6 Å². The van der Waals surface area contributed by atoms with Crippen LogP contribution in [0.3, 0.4) is 0 Å². The largest absolute Gasteiger partial charge is 0.268 e. The molecule has 0 atom stereocenters. The Morgan fingerprint density at radius 2 is 2.40 bits per heavy atom. The van der Waals surface area contributed by atoms with E-state index in [1.54, 1.807) is 15.7 Å². The summed E-state index contributed by atoms with van der Waals surface area (Å²) in [5.74, 6) is 0. The molecule has 0 N–H and O–H groups in total. The van der Waals surface area contributed by atoms with E-state index in [0.717, 1.165) is 20.0 Å². The molecular weight excluding hydrogens is 296 g/mol. The van der Waals surface area contributed by atoms with E-state index in [4.69, 9.17) is 0 Å². The third kappa shape index (κ3) is 1.36. The summed E-state index contributed by atoms with van der Waals surface area (Å²) < 4.78 is 1.62. The Hall–Kier alpha value is -0.720. The molecule has 0 aromatic carbocycles. The van der Waals surface area contributed by atoms with Crippen molar-refractivity contribution in [2.24, 2.45) is 0 Å². The van der Waals surface area contributed by atoms with Crippen LogP contribution in [0.1, 0.15) is 4.88 Å². The molecule has 0 radical (unpaired) electrons. The van der Waals surface area contributed by atoms with Crippen LogP contribution in [0.15, 0.2) is 22.4 Å². The van der Waals surface area contributed by atoms with Gasteiger partial charge in [-0.15, -0.1) is 22.7 Å². The number of fused-ring (bicyclic) bond motifs is 2. The Bertz CT molecular complexity index is 697. The van der Waals surface area contributed by atoms with Gasteiger partial charge in [0.15, 0.2) is 4.96 Å². The summed E-state index contributed by atoms with van der Waals surface area (Å²) in [5.41, 5.74) is 0.0275. The Labute approximate surface area is 101 Å². The average Bonchev–Trinajstić information content (AvgIpc) is 2.83. The number of thiophene rings is 1. The number of nitrogens with zero attached hydrogens (tertiary/aromatic N) is 2. The summed E-state index contributed by atoms with van der Waals surface area (Å²) in [6.07, 6.45) is 1.85. The lowest BCUT2D eigenvalue weighted by Crippen LogP contribution is -2.11. The molecule has 0 spiro atoms. The molecule has 3 nitrogen and oxygen atoms in total. The highest BCUT2D eigenvalue weighted by Gasteiger charge is 2.08. The van der Waals surface area contributed by atoms with Gasteiger partial charge in [0.1, 0.15) is 4.83 Å². The molecule has 0 aliphatic heterocycles. The zero-order chi connectivity index (χ0) is 10.4. The van der Waals surface area contributed by atoms with E-state index in [2.05, 4.69) is 20.9 Å². The first-order valence-corrected chi connectivity index (χ1v) is 7.05. The van der Waals surface area contributed by atoms with Crippen molar-refractivity contribution < 1.29 is 0 Å². The summed E-state index contributed by atoms with van der Waals surface area (Å²) in [7, 11) is 0. The lowest BCUT2D eigenvalue weighted by atomic mass is 10.4. The van der Waals surface area contributed by atoms with Crippen molar-refractivity contribution in [3.05, 3.63) is 32.9 Å². The van der Waals surface area contributed by atoms with Crippen molar-refractivity contribution in [2.75, 3.05) is 0 Å². The maximum Gasteiger partial charge on any atom is 0.267 e. The quantitative estimate of drug-likeness (QED) is 0.648. The van der Waals surface area contributed by atoms with E-state index in [-0.39, 0.29) is 5.56 Å². The molecule has 0 aliphatic carbocycles. The predicted octanol–water partition coefficient (Wildman–Crippen LogP) is 2.87. The van der Waals surface area contributed by atoms with Crippen LogP contribution < -0.4 is 5.56 Å². The van der Waals surface area contributed by atoms with Gasteiger partial charge in [0.25, 0.3) is 5.56 Å². The van der Waals surface area contributed by atoms with E-state index >= 15 is 0 Å². The monoisotopic (exact) mass is 300 g/mol. The average molecular weight is 301 g/mol. The maximum atomic E-state index is 12.0. The van der Waals surface area contributed by atoms with E-state index in [9.17, 15) is 4.79 Å². The molecule has 3 aromatic heterocycles. The summed E-state index contributed by atoms with van der Waals surface area (Å²) >= 11 is 6.42. The van der Waals surface area contributed by atoms with Gasteiger partial charge in [0.05, 0.1) is 5.39 Å². The fourth-order valence-electron chi connectivity index (χ4n) is 1.44. The van der Waals surface area contributed by atoms with Crippen LogP contribution in [0, 0.1) is 0 Å². The van der Waals surface area contributed by atoms with E-state index in [1.165, 1.54) is 11.3 Å². The number of alkyl halides is 1. The minimum absolute atomic E-state index is 0.0275. The van der Waals surface area contributed by atoms with Crippen LogP contribution in [0.2, 0.25) is 0 Å². The first-order valence-electron chi connectivity index (χ1n) is 4.24. The number of hydrogen-bond acceptors (Lipinski definition) is 4. The SMILES string of the molecule is O=c1c2ccsc2nc2sc(CBr)cn12. The predicted molar refractivity (Wildman–Crippen MR) is 67.4 cm³/mol. The fraction of sp³-hybridized carbons (Fsp3) is 0.111. The highest BCUT2D eigenvalue weighted by molar-refractivity contribution is 9.08. The van der Waals surface area contributed by atoms with E-state index in [0.29, 0.717) is 5.39 Å². The van der Waals surface area contributed by atoms with Gasteiger partial charge in [-0.1, -0.05) is 15.9 Å². The Morgan fingerprint density at radius 3 is 3.20 bits per heavy atom. The minimum atomic E-state index is 0.0275. The third-order valence-electron chi connectivity index (χ3n) is 2.12. The minimum Gasteiger partial charge on any atom is -0.268 e. The molecule has 3 aromatic rings. The second kappa shape index (κ2) is 3.40. The molecule has 0 bridgehead atoms. The van der Waals surface area contributed by atoms with Crippen molar-refractivity contribution in [3.63, 3.8) is 0 Å². The fourth-order valence-corrected chi connectivity index (χ4v) is 3.56. The highest BCUT2D eigenvalue weighted by atomic mass is 79.9. The Morgan fingerprint density at radius 1 is 1.53 bits per heavy atom. The lowest BCUT2D eigenvalue weighted by molar-refractivity contribution is 1.11. The number of aromatic nitrogens is 2. The molecule has 3 rings (SSSR count). The van der Waals surface area contributed by atoms with Gasteiger partial charge in [-0.05, 0) is 11.4 Å². The maximum absolute atomic E-state index is 12.0. The number of halogens is 1. The van der Waals surface area contributed by atoms with Crippen molar-refractivity contribution in [3.8, 4) is 0 Å². The molecule has 15 heavy (non-hydrogen) atoms. The van der Waals surface area contributed by atoms with Gasteiger partial charge in [0.2, 0.25) is 0 Å². The van der Waals surface area contributed by atoms with Crippen LogP contribution in [0.4, 0.5) is 0 Å². The van der Waals surface area contributed by atoms with Crippen LogP contribution in [0.25, 0.3) is 15.2 Å². The zero-order valence-corrected chi connectivity index (χ0v) is 10.7. The smallest absolute Gasteiger partial charge is 0.267 e. The number of hydrogen-bond donors (Lipinski definition) is 0. The second-order valence-corrected chi connectivity index (χ2v) is 5.59. The molecule has 0 aliphatic rings. The summed E-state index contributed by atoms with van der Waals surface area (Å²) in [6, 6.07) is 1.83. The van der Waals surface area contributed by atoms with Crippen molar-refractivity contribution in [2.45, 2.75) is 5.33 Å². The summed E-state index contributed by atoms with van der Waals surface area (Å²) in [6.45, 7) is 0. The number of thiazole rings is 1. The standard InChI is InChI=1S/C9H5BrN2OS2/c10-3-5-4-12-8(13)6-1-2-14-7(6)11-9(12)15-5/h1-2,4H,3H2. The molecule has 76 valence electrons. The van der Waals surface area contributed by atoms with Crippen molar-refractivity contribution >= 4 is 53.8 Å². The Balaban J connectivity index is 2.54. The summed E-state index contributed by atoms with van der Waals surface area (Å²) in [4.78, 5) is 19.1. The first-order chi connectivity index (χ1) is 7.29. The zero-order valence-electron chi connectivity index (χ0n) is 7.44. The van der Waals surface area contributed by atoms with Crippen molar-refractivity contribution in [1.82, 2.24) is 9.38 Å². The van der Waals surface area contributed by atoms with Gasteiger partial charge < -0.3 is 0 Å². The third-order valence-corrected chi connectivity index (χ3v) is 4.89. The Kier molecular flexibility index (Phi) is 2.15. The van der Waals surface area contributed by atoms with Gasteiger partial charge in [-0.3, -0.25) is 9.20 Å². The van der Waals surface area contributed by atoms with Crippen LogP contribution in [-0.2, 0) is 5.33 Å². The van der Waals surface area contributed by atoms with Gasteiger partial charge in [-0.2, -0.15) is 0 Å². The highest BCUT2D eigenvalue weighted by Crippen LogP contribution is 2.21. The topological polar surface area (TPSA) is 34.4 Å². The van der Waals surface area contributed by atoms with Gasteiger partial charge in [0, 0.05) is 16.4 Å². The van der Waals surface area contributed by atoms with Crippen molar-refractivity contribution in [1.29, 1.82) is 0 Å². The van der Waals surface area contributed by atoms with Crippen LogP contribution >= 0.6 is 38.6 Å². The molecule has 0 unspecified atom stereocenters. The van der Waals surface area contributed by atoms with Gasteiger partial charge >= 0.3 is 0 Å². The normalized spacial score (nSPS) is 11.5. The molecule has 0 fully saturated rings. The second-order valence-electron chi connectivity index (χ2n) is 3.04. The molecule has 0 saturated carbocycles. The number of rotatable bonds is 1. The van der Waals surface area contributed by atoms with Crippen LogP contribution in [-0.4, -0.2) is 9.38 Å². The van der Waals surface area contributed by atoms with E-state index < -0.39 is 0 Å².